The van der Waals surface area contributed by atoms with Gasteiger partial charge in [0.05, 0.1) is 33.4 Å². The van der Waals surface area contributed by atoms with Crippen LogP contribution in [-0.4, -0.2) is 56.2 Å². The number of benzene rings is 4. The molecule has 0 spiro atoms. The number of pyridine rings is 2. The predicted molar refractivity (Wildman–Crippen MR) is 274 cm³/mol. The maximum atomic E-state index is 14.7. The Morgan fingerprint density at radius 1 is 0.586 bits per heavy atom. The van der Waals surface area contributed by atoms with Crippen LogP contribution in [0.3, 0.4) is 0 Å². The van der Waals surface area contributed by atoms with Crippen molar-refractivity contribution in [1.29, 1.82) is 0 Å². The van der Waals surface area contributed by atoms with Crippen LogP contribution in [0.2, 0.25) is 0 Å². The fourth-order valence-corrected chi connectivity index (χ4v) is 8.67. The summed E-state index contributed by atoms with van der Waals surface area (Å²) in [6, 6.07) is 32.5. The summed E-state index contributed by atoms with van der Waals surface area (Å²) in [7, 11) is 2.99. The van der Waals surface area contributed by atoms with Gasteiger partial charge in [0.25, 0.3) is 0 Å². The first-order chi connectivity index (χ1) is 33.4. The summed E-state index contributed by atoms with van der Waals surface area (Å²) >= 11 is 3.45. The second-order valence-corrected chi connectivity index (χ2v) is 18.9. The molecule has 354 valence electrons. The number of nitrogen functional groups attached to an aromatic ring is 2. The number of halogens is 3. The molecule has 14 nitrogen and oxygen atoms in total. The lowest BCUT2D eigenvalue weighted by Crippen LogP contribution is -2.41. The number of hydrogen-bond acceptors (Lipinski definition) is 10. The Morgan fingerprint density at radius 2 is 1.06 bits per heavy atom. The van der Waals surface area contributed by atoms with E-state index >= 15 is 0 Å². The third kappa shape index (κ3) is 9.32. The second-order valence-electron chi connectivity index (χ2n) is 18.1. The van der Waals surface area contributed by atoms with E-state index in [0.29, 0.717) is 34.9 Å². The normalized spacial score (nSPS) is 13.9. The first-order valence-corrected chi connectivity index (χ1v) is 23.1. The molecule has 10 aromatic rings. The van der Waals surface area contributed by atoms with Crippen molar-refractivity contribution in [3.8, 4) is 11.1 Å². The number of nitrogens with zero attached hydrogens (tertiary/aromatic N) is 8. The molecule has 0 radical (unpaired) electrons. The third-order valence-corrected chi connectivity index (χ3v) is 13.3. The van der Waals surface area contributed by atoms with E-state index in [9.17, 15) is 18.4 Å². The number of nitrogens with two attached hydrogens (primary N) is 2. The Balaban J connectivity index is 0.000000136. The highest BCUT2D eigenvalue weighted by Gasteiger charge is 2.51. The molecule has 0 atom stereocenters. The maximum absolute atomic E-state index is 14.7. The number of rotatable bonds is 6. The molecule has 4 aromatic carbocycles. The van der Waals surface area contributed by atoms with Crippen molar-refractivity contribution in [2.24, 2.45) is 14.1 Å². The first-order valence-electron chi connectivity index (χ1n) is 22.3. The fraction of sp³-hybridized carbons (Fsp3) is 0.192. The van der Waals surface area contributed by atoms with Gasteiger partial charge in [-0.3, -0.25) is 18.4 Å². The van der Waals surface area contributed by atoms with Crippen LogP contribution in [0.25, 0.3) is 44.2 Å². The van der Waals surface area contributed by atoms with Gasteiger partial charge in [-0.25, -0.2) is 28.7 Å². The quantitative estimate of drug-likeness (QED) is 0.155. The fourth-order valence-electron chi connectivity index (χ4n) is 8.17. The number of fused-ring (bicyclic) bond motifs is 6. The van der Waals surface area contributed by atoms with Crippen LogP contribution < -0.4 is 28.0 Å². The summed E-state index contributed by atoms with van der Waals surface area (Å²) in [6.07, 6.45) is 8.45. The molecule has 0 aliphatic carbocycles. The average molecular weight is 1010 g/mol. The minimum atomic E-state index is -0.472. The Bertz CT molecular complexity index is 3710. The molecule has 7 heterocycles. The Kier molecular flexibility index (Phi) is 12.7. The molecule has 11 rings (SSSR count). The molecule has 1 saturated heterocycles. The molecule has 70 heavy (non-hydrogen) atoms. The van der Waals surface area contributed by atoms with Crippen molar-refractivity contribution in [3.63, 3.8) is 0 Å². The van der Waals surface area contributed by atoms with Crippen LogP contribution in [0.4, 0.5) is 20.7 Å². The molecule has 0 unspecified atom stereocenters. The minimum absolute atomic E-state index is 0.0368. The summed E-state index contributed by atoms with van der Waals surface area (Å²) < 4.78 is 47.7. The van der Waals surface area contributed by atoms with Crippen LogP contribution in [0.15, 0.2) is 148 Å². The molecule has 4 N–H and O–H groups in total. The van der Waals surface area contributed by atoms with E-state index in [2.05, 4.69) is 30.9 Å². The Labute approximate surface area is 409 Å². The van der Waals surface area contributed by atoms with Gasteiger partial charge in [-0.2, -0.15) is 0 Å². The van der Waals surface area contributed by atoms with Crippen LogP contribution in [0.1, 0.15) is 50.2 Å². The van der Waals surface area contributed by atoms with Crippen LogP contribution in [-0.2, 0) is 36.2 Å². The van der Waals surface area contributed by atoms with E-state index in [1.165, 1.54) is 33.4 Å². The van der Waals surface area contributed by atoms with Crippen LogP contribution in [0, 0.1) is 11.6 Å². The zero-order valence-electron chi connectivity index (χ0n) is 39.2. The molecular formula is C52H48BBrF2N10O4. The van der Waals surface area contributed by atoms with E-state index in [1.54, 1.807) is 59.6 Å². The highest BCUT2D eigenvalue weighted by molar-refractivity contribution is 9.10. The van der Waals surface area contributed by atoms with E-state index in [4.69, 9.17) is 25.8 Å². The number of hydrogen-bond donors (Lipinski definition) is 2. The summed E-state index contributed by atoms with van der Waals surface area (Å²) in [6.45, 7) is 8.04. The van der Waals surface area contributed by atoms with Crippen molar-refractivity contribution in [2.75, 3.05) is 11.5 Å². The van der Waals surface area contributed by atoms with Gasteiger partial charge in [-0.1, -0.05) is 72.8 Å². The van der Waals surface area contributed by atoms with Gasteiger partial charge in [0.2, 0.25) is 23.0 Å². The summed E-state index contributed by atoms with van der Waals surface area (Å²) in [5.41, 5.74) is 19.0. The minimum Gasteiger partial charge on any atom is -0.399 e. The summed E-state index contributed by atoms with van der Waals surface area (Å²) in [5.74, 6) is -0.498. The monoisotopic (exact) mass is 1000 g/mol. The molecule has 18 heteroatoms. The number of aromatic nitrogens is 8. The molecule has 1 aliphatic rings. The highest BCUT2D eigenvalue weighted by Crippen LogP contribution is 2.37. The van der Waals surface area contributed by atoms with Crippen LogP contribution >= 0.6 is 15.9 Å². The number of aryl methyl sites for hydroxylation is 2. The van der Waals surface area contributed by atoms with Gasteiger partial charge in [0, 0.05) is 68.3 Å². The van der Waals surface area contributed by atoms with Gasteiger partial charge < -0.3 is 29.9 Å². The zero-order chi connectivity index (χ0) is 49.6. The standard InChI is InChI=1S/C23H18FN5O.C17H12BrFN4.C12H18BNO3/c1-28-12-15(7-10-19(28)30)17-8-9-18(24)21-20(17)22-26-16(13-29(22)23(25)27-21)11-14-5-3-2-4-6-14;18-12-6-7-13(19)15-14(12)16-21-11(9-23(16)17(20)22-15)8-10-4-2-1-3-5-10;1-11(2)12(3,4)17-13(16-11)9-6-7-10(15)14(5)8-9/h2-10,12-13H,11H2,1H3,(H2,25,27);1-7,9H,8H2,(H2,20,22);6-8H,1-5H3. The highest BCUT2D eigenvalue weighted by atomic mass is 79.9. The SMILES string of the molecule is Cn1cc(-c2ccc(F)c3nc(N)n4cc(Cc5ccccc5)nc4c23)ccc1=O.Cn1cc(B2OC(C)(C)C(C)(C)O2)ccc1=O.Nc1nc2c(F)ccc(Br)c2c2nc(Cc3ccccc3)cn12. The van der Waals surface area contributed by atoms with Crippen molar-refractivity contribution in [2.45, 2.75) is 51.7 Å². The van der Waals surface area contributed by atoms with Gasteiger partial charge in [0.15, 0.2) is 5.65 Å². The molecule has 6 aromatic heterocycles. The third-order valence-electron chi connectivity index (χ3n) is 12.6. The van der Waals surface area contributed by atoms with Crippen molar-refractivity contribution in [3.05, 3.63) is 193 Å². The lowest BCUT2D eigenvalue weighted by Gasteiger charge is -2.32. The molecule has 0 amide bonds. The average Bonchev–Trinajstić information content (AvgIpc) is 4.02. The maximum Gasteiger partial charge on any atom is 0.496 e. The lowest BCUT2D eigenvalue weighted by molar-refractivity contribution is 0.00578. The molecular weight excluding hydrogens is 957 g/mol. The van der Waals surface area contributed by atoms with Crippen molar-refractivity contribution in [1.82, 2.24) is 37.9 Å². The number of imidazole rings is 2. The summed E-state index contributed by atoms with van der Waals surface area (Å²) in [4.78, 5) is 41.0. The van der Waals surface area contributed by atoms with Gasteiger partial charge in [-0.05, 0) is 95.6 Å². The number of anilines is 2. The van der Waals surface area contributed by atoms with E-state index < -0.39 is 18.8 Å². The van der Waals surface area contributed by atoms with Gasteiger partial charge in [-0.15, -0.1) is 0 Å². The lowest BCUT2D eigenvalue weighted by atomic mass is 9.80. The topological polar surface area (TPSA) is 175 Å². The van der Waals surface area contributed by atoms with Gasteiger partial charge >= 0.3 is 7.12 Å². The molecule has 1 fully saturated rings. The van der Waals surface area contributed by atoms with E-state index in [0.717, 1.165) is 43.6 Å². The van der Waals surface area contributed by atoms with Gasteiger partial charge in [0.1, 0.15) is 28.3 Å². The second kappa shape index (κ2) is 18.8. The summed E-state index contributed by atoms with van der Waals surface area (Å²) in [5, 5.41) is 1.18. The smallest absolute Gasteiger partial charge is 0.399 e. The predicted octanol–water partition coefficient (Wildman–Crippen LogP) is 8.20. The molecule has 0 saturated carbocycles. The molecule has 1 aliphatic heterocycles. The van der Waals surface area contributed by atoms with Crippen molar-refractivity contribution < 1.29 is 18.1 Å². The zero-order valence-corrected chi connectivity index (χ0v) is 40.8. The van der Waals surface area contributed by atoms with E-state index in [1.807, 2.05) is 101 Å². The largest absolute Gasteiger partial charge is 0.496 e. The Morgan fingerprint density at radius 3 is 1.57 bits per heavy atom. The Hall–Kier alpha value is -7.54. The molecule has 0 bridgehead atoms. The first kappa shape index (κ1) is 47.5. The van der Waals surface area contributed by atoms with E-state index in [-0.39, 0.29) is 45.3 Å². The van der Waals surface area contributed by atoms with Crippen LogP contribution in [0.5, 0.6) is 0 Å². The van der Waals surface area contributed by atoms with Crippen molar-refractivity contribution >= 4 is 73.5 Å².